The Balaban J connectivity index is 1.99. The molecule has 1 aliphatic heterocycles. The summed E-state index contributed by atoms with van der Waals surface area (Å²) >= 11 is 0. The van der Waals surface area contributed by atoms with E-state index in [1.807, 2.05) is 60.7 Å². The van der Waals surface area contributed by atoms with Gasteiger partial charge in [-0.25, -0.2) is 0 Å². The van der Waals surface area contributed by atoms with Crippen molar-refractivity contribution in [1.82, 2.24) is 0 Å². The zero-order valence-corrected chi connectivity index (χ0v) is 29.9. The van der Waals surface area contributed by atoms with Crippen molar-refractivity contribution in [3.05, 3.63) is 96.6 Å². The largest absolute Gasteiger partial charge is 0.459 e. The second-order valence-corrected chi connectivity index (χ2v) is 18.2. The maximum Gasteiger partial charge on any atom is 0.305 e. The molecule has 0 amide bonds. The number of esters is 2. The summed E-state index contributed by atoms with van der Waals surface area (Å²) in [5.74, 6) is -4.02. The maximum atomic E-state index is 13.5. The normalized spacial score (nSPS) is 20.9. The Morgan fingerprint density at radius 3 is 1.98 bits per heavy atom. The fourth-order valence-electron chi connectivity index (χ4n) is 4.94. The van der Waals surface area contributed by atoms with Crippen LogP contribution in [0.4, 0.5) is 0 Å². The van der Waals surface area contributed by atoms with Gasteiger partial charge in [0, 0.05) is 19.8 Å². The lowest BCUT2D eigenvalue weighted by Gasteiger charge is -2.43. The van der Waals surface area contributed by atoms with Crippen LogP contribution in [-0.2, 0) is 55.7 Å². The van der Waals surface area contributed by atoms with Crippen LogP contribution in [0, 0.1) is 5.92 Å². The molecule has 0 radical (unpaired) electrons. The van der Waals surface area contributed by atoms with Gasteiger partial charge in [-0.1, -0.05) is 94.4 Å². The fraction of sp³-hybridized carbons (Fsp3) is 0.486. The smallest absolute Gasteiger partial charge is 0.305 e. The van der Waals surface area contributed by atoms with E-state index in [2.05, 4.69) is 40.4 Å². The van der Waals surface area contributed by atoms with E-state index in [-0.39, 0.29) is 30.6 Å². The van der Waals surface area contributed by atoms with Crippen LogP contribution in [0.25, 0.3) is 0 Å². The summed E-state index contributed by atoms with van der Waals surface area (Å²) in [6.07, 6.45) is 0.489. The molecule has 0 aromatic heterocycles. The summed E-state index contributed by atoms with van der Waals surface area (Å²) in [7, 11) is -2.32. The second-order valence-electron chi connectivity index (χ2n) is 13.4. The molecule has 0 bridgehead atoms. The Morgan fingerprint density at radius 1 is 0.936 bits per heavy atom. The highest BCUT2D eigenvalue weighted by atomic mass is 28.4. The van der Waals surface area contributed by atoms with E-state index in [0.717, 1.165) is 11.1 Å². The first-order chi connectivity index (χ1) is 22.1. The molecule has 2 aromatic rings. The van der Waals surface area contributed by atoms with Crippen molar-refractivity contribution in [3.8, 4) is 0 Å². The molecule has 0 spiro atoms. The first-order valence-electron chi connectivity index (χ1n) is 15.9. The highest BCUT2D eigenvalue weighted by Gasteiger charge is 2.49. The molecule has 47 heavy (non-hydrogen) atoms. The van der Waals surface area contributed by atoms with E-state index >= 15 is 0 Å². The van der Waals surface area contributed by atoms with Gasteiger partial charge in [-0.2, -0.15) is 0 Å². The zero-order chi connectivity index (χ0) is 34.8. The molecule has 0 N–H and O–H groups in total. The summed E-state index contributed by atoms with van der Waals surface area (Å²) < 4.78 is 37.2. The molecule has 1 aliphatic rings. The Labute approximate surface area is 280 Å². The number of hydrogen-bond donors (Lipinski definition) is 0. The van der Waals surface area contributed by atoms with Gasteiger partial charge >= 0.3 is 11.9 Å². The standard InChI is InChI=1S/C37H50O9Si/c1-10-32(41-23-29-17-13-11-14-18-29)35(42-24-30-19-15-12-16-20-30)34(44-27(3)38)26(2)33-31(40)21-22-37(46-33,45-28(4)39)25-43-47(8,9)36(5,6)7/h10-22,26,32-35H,1,23-25H2,2-9H3/t26-,32-,33+,34-,35-,37?/m1/s1. The molecule has 0 fully saturated rings. The van der Waals surface area contributed by atoms with E-state index in [9.17, 15) is 14.4 Å². The van der Waals surface area contributed by atoms with Crippen molar-refractivity contribution < 1.29 is 42.5 Å². The highest BCUT2D eigenvalue weighted by Crippen LogP contribution is 2.39. The van der Waals surface area contributed by atoms with Crippen molar-refractivity contribution in [2.75, 3.05) is 6.61 Å². The maximum absolute atomic E-state index is 13.5. The molecule has 1 heterocycles. The van der Waals surface area contributed by atoms with Crippen LogP contribution in [0.3, 0.4) is 0 Å². The number of hydrogen-bond acceptors (Lipinski definition) is 9. The molecular weight excluding hydrogens is 616 g/mol. The van der Waals surface area contributed by atoms with E-state index in [0.29, 0.717) is 0 Å². The quantitative estimate of drug-likeness (QED) is 0.110. The van der Waals surface area contributed by atoms with Crippen LogP contribution in [0.1, 0.15) is 52.7 Å². The van der Waals surface area contributed by atoms with Crippen molar-refractivity contribution in [2.24, 2.45) is 5.92 Å². The number of carbonyl (C=O) groups excluding carboxylic acids is 3. The van der Waals surface area contributed by atoms with Gasteiger partial charge in [0.05, 0.1) is 13.2 Å². The van der Waals surface area contributed by atoms with Crippen molar-refractivity contribution in [2.45, 2.75) is 103 Å². The van der Waals surface area contributed by atoms with Crippen LogP contribution in [0.5, 0.6) is 0 Å². The van der Waals surface area contributed by atoms with Gasteiger partial charge in [0.25, 0.3) is 5.79 Å². The van der Waals surface area contributed by atoms with Crippen molar-refractivity contribution >= 4 is 26.0 Å². The van der Waals surface area contributed by atoms with Crippen LogP contribution in [-0.4, -0.2) is 62.8 Å². The summed E-state index contributed by atoms with van der Waals surface area (Å²) in [6, 6.07) is 19.2. The zero-order valence-electron chi connectivity index (χ0n) is 28.9. The Bertz CT molecular complexity index is 1370. The Hall–Kier alpha value is -3.41. The number of benzene rings is 2. The van der Waals surface area contributed by atoms with Crippen LogP contribution in [0.2, 0.25) is 18.1 Å². The van der Waals surface area contributed by atoms with Gasteiger partial charge in [-0.3, -0.25) is 14.4 Å². The molecule has 2 aromatic carbocycles. The van der Waals surface area contributed by atoms with Gasteiger partial charge in [0.15, 0.2) is 14.1 Å². The molecule has 9 nitrogen and oxygen atoms in total. The fourth-order valence-corrected chi connectivity index (χ4v) is 5.93. The average molecular weight is 667 g/mol. The van der Waals surface area contributed by atoms with E-state index in [4.69, 9.17) is 28.1 Å². The summed E-state index contributed by atoms with van der Waals surface area (Å²) in [5.41, 5.74) is 1.82. The Kier molecular flexibility index (Phi) is 13.4. The first kappa shape index (κ1) is 38.0. The summed E-state index contributed by atoms with van der Waals surface area (Å²) in [4.78, 5) is 38.4. The first-order valence-corrected chi connectivity index (χ1v) is 18.8. The molecule has 0 aliphatic carbocycles. The average Bonchev–Trinajstić information content (AvgIpc) is 3.01. The van der Waals surface area contributed by atoms with Crippen LogP contribution >= 0.6 is 0 Å². The lowest BCUT2D eigenvalue weighted by Crippen LogP contribution is -2.56. The number of ether oxygens (including phenoxy) is 5. The SMILES string of the molecule is C=C[C@@H](OCc1ccccc1)[C@@H](OCc1ccccc1)[C@H](OC(C)=O)[C@H](C)[C@@H]1OC(CO[Si](C)(C)C(C)(C)C)(OC(C)=O)C=CC1=O. The number of ketones is 1. The monoisotopic (exact) mass is 666 g/mol. The van der Waals surface area contributed by atoms with Gasteiger partial charge in [-0.05, 0) is 41.4 Å². The van der Waals surface area contributed by atoms with Gasteiger partial charge < -0.3 is 28.1 Å². The Morgan fingerprint density at radius 2 is 1.49 bits per heavy atom. The third kappa shape index (κ3) is 10.8. The van der Waals surface area contributed by atoms with Crippen LogP contribution < -0.4 is 0 Å². The topological polar surface area (TPSA) is 107 Å². The molecule has 0 saturated heterocycles. The summed E-state index contributed by atoms with van der Waals surface area (Å²) in [6.45, 7) is 19.0. The van der Waals surface area contributed by atoms with E-state index in [1.54, 1.807) is 13.0 Å². The molecule has 6 atom stereocenters. The molecule has 0 saturated carbocycles. The molecule has 10 heteroatoms. The van der Waals surface area contributed by atoms with Crippen molar-refractivity contribution in [3.63, 3.8) is 0 Å². The van der Waals surface area contributed by atoms with Gasteiger partial charge in [-0.15, -0.1) is 6.58 Å². The van der Waals surface area contributed by atoms with Crippen LogP contribution in [0.15, 0.2) is 85.5 Å². The minimum Gasteiger partial charge on any atom is -0.459 e. The lowest BCUT2D eigenvalue weighted by molar-refractivity contribution is -0.250. The van der Waals surface area contributed by atoms with Gasteiger partial charge in [0.2, 0.25) is 0 Å². The van der Waals surface area contributed by atoms with Crippen molar-refractivity contribution in [1.29, 1.82) is 0 Å². The molecule has 256 valence electrons. The minimum absolute atomic E-state index is 0.113. The van der Waals surface area contributed by atoms with Gasteiger partial charge in [0.1, 0.15) is 31.0 Å². The molecular formula is C37H50O9Si. The summed E-state index contributed by atoms with van der Waals surface area (Å²) in [5, 5.41) is -0.130. The highest BCUT2D eigenvalue weighted by molar-refractivity contribution is 6.74. The predicted molar refractivity (Wildman–Crippen MR) is 182 cm³/mol. The number of rotatable bonds is 16. The second kappa shape index (κ2) is 16.6. The third-order valence-electron chi connectivity index (χ3n) is 8.61. The minimum atomic E-state index is -2.32. The number of carbonyl (C=O) groups is 3. The third-order valence-corrected chi connectivity index (χ3v) is 13.1. The van der Waals surface area contributed by atoms with E-state index in [1.165, 1.54) is 26.0 Å². The molecule has 1 unspecified atom stereocenters. The van der Waals surface area contributed by atoms with E-state index < -0.39 is 56.4 Å². The molecule has 3 rings (SSSR count). The lowest BCUT2D eigenvalue weighted by atomic mass is 9.87. The predicted octanol–water partition coefficient (Wildman–Crippen LogP) is 6.72.